The number of carbonyl (C=O) groups excluding carboxylic acids is 1. The van der Waals surface area contributed by atoms with Crippen molar-refractivity contribution in [3.63, 3.8) is 0 Å². The van der Waals surface area contributed by atoms with Gasteiger partial charge in [-0.25, -0.2) is 13.8 Å². The average molecular weight is 437 g/mol. The molecular weight excluding hydrogens is 412 g/mol. The van der Waals surface area contributed by atoms with Crippen LogP contribution in [0.2, 0.25) is 0 Å². The maximum atomic E-state index is 13.2. The third-order valence-electron chi connectivity index (χ3n) is 4.58. The number of hydrogen-bond acceptors (Lipinski definition) is 5. The summed E-state index contributed by atoms with van der Waals surface area (Å²) in [5, 5.41) is 3.91. The summed E-state index contributed by atoms with van der Waals surface area (Å²) >= 11 is 0. The Morgan fingerprint density at radius 2 is 1.71 bits per heavy atom. The van der Waals surface area contributed by atoms with E-state index in [9.17, 15) is 13.2 Å². The van der Waals surface area contributed by atoms with Crippen LogP contribution in [0.25, 0.3) is 0 Å². The molecule has 0 saturated carbocycles. The number of aryl methyl sites for hydroxylation is 1. The molecule has 0 bridgehead atoms. The minimum absolute atomic E-state index is 0.152. The van der Waals surface area contributed by atoms with Crippen LogP contribution in [0.4, 0.5) is 0 Å². The fraction of sp³-hybridized carbons (Fsp3) is 0.174. The Kier molecular flexibility index (Phi) is 7.64. The molecule has 1 N–H and O–H groups in total. The molecule has 1 amide bonds. The van der Waals surface area contributed by atoms with Crippen molar-refractivity contribution in [2.45, 2.75) is 18.2 Å². The molecule has 31 heavy (non-hydrogen) atoms. The molecule has 160 valence electrons. The molecule has 0 spiro atoms. The van der Waals surface area contributed by atoms with Crippen molar-refractivity contribution in [3.8, 4) is 0 Å². The highest BCUT2D eigenvalue weighted by Gasteiger charge is 2.26. The van der Waals surface area contributed by atoms with E-state index >= 15 is 0 Å². The van der Waals surface area contributed by atoms with E-state index in [1.807, 2.05) is 37.3 Å². The molecule has 0 fully saturated rings. The van der Waals surface area contributed by atoms with Crippen molar-refractivity contribution in [2.75, 3.05) is 13.1 Å². The fourth-order valence-corrected chi connectivity index (χ4v) is 4.26. The lowest BCUT2D eigenvalue weighted by atomic mass is 10.1. The summed E-state index contributed by atoms with van der Waals surface area (Å²) in [6.07, 6.45) is 5.19. The molecule has 0 saturated heterocycles. The summed E-state index contributed by atoms with van der Waals surface area (Å²) in [5.74, 6) is -0.519. The normalized spacial score (nSPS) is 11.7. The monoisotopic (exact) mass is 436 g/mol. The summed E-state index contributed by atoms with van der Waals surface area (Å²) in [7, 11) is -3.85. The molecule has 1 aromatic heterocycles. The molecule has 2 aromatic carbocycles. The van der Waals surface area contributed by atoms with Gasteiger partial charge in [0, 0.05) is 18.9 Å². The first-order valence-corrected chi connectivity index (χ1v) is 11.2. The van der Waals surface area contributed by atoms with Gasteiger partial charge in [0.15, 0.2) is 0 Å². The lowest BCUT2D eigenvalue weighted by Crippen LogP contribution is -2.40. The van der Waals surface area contributed by atoms with E-state index in [0.717, 1.165) is 16.7 Å². The summed E-state index contributed by atoms with van der Waals surface area (Å²) in [5.41, 5.74) is 5.11. The number of carbonyl (C=O) groups is 1. The Balaban J connectivity index is 1.73. The van der Waals surface area contributed by atoms with E-state index < -0.39 is 15.9 Å². The Bertz CT molecular complexity index is 1120. The van der Waals surface area contributed by atoms with Gasteiger partial charge >= 0.3 is 0 Å². The number of nitrogens with one attached hydrogen (secondary N) is 1. The number of aromatic nitrogens is 1. The largest absolute Gasteiger partial charge is 0.272 e. The average Bonchev–Trinajstić information content (AvgIpc) is 2.78. The maximum absolute atomic E-state index is 13.2. The molecular formula is C23H24N4O3S. The SMILES string of the molecule is Cc1ccc(S(=O)(=O)N(CCc2ccccc2)CC(=O)N/N=C/c2ccncc2)cc1. The van der Waals surface area contributed by atoms with Gasteiger partial charge in [0.1, 0.15) is 0 Å². The Labute approximate surface area is 182 Å². The number of pyridine rings is 1. The minimum Gasteiger partial charge on any atom is -0.272 e. The highest BCUT2D eigenvalue weighted by atomic mass is 32.2. The van der Waals surface area contributed by atoms with Gasteiger partial charge in [0.25, 0.3) is 5.91 Å². The van der Waals surface area contributed by atoms with Crippen LogP contribution >= 0.6 is 0 Å². The molecule has 3 aromatic rings. The number of nitrogens with zero attached hydrogens (tertiary/aromatic N) is 3. The lowest BCUT2D eigenvalue weighted by molar-refractivity contribution is -0.121. The molecule has 0 aliphatic rings. The molecule has 0 aliphatic carbocycles. The van der Waals surface area contributed by atoms with Crippen LogP contribution < -0.4 is 5.43 Å². The van der Waals surface area contributed by atoms with Gasteiger partial charge in [-0.05, 0) is 48.7 Å². The van der Waals surface area contributed by atoms with Gasteiger partial charge in [-0.15, -0.1) is 0 Å². The minimum atomic E-state index is -3.85. The third kappa shape index (κ3) is 6.56. The highest BCUT2D eigenvalue weighted by molar-refractivity contribution is 7.89. The molecule has 0 aliphatic heterocycles. The summed E-state index contributed by atoms with van der Waals surface area (Å²) in [6.45, 7) is 1.72. The first-order valence-electron chi connectivity index (χ1n) is 9.78. The zero-order valence-electron chi connectivity index (χ0n) is 17.2. The number of benzene rings is 2. The predicted molar refractivity (Wildman–Crippen MR) is 120 cm³/mol. The van der Waals surface area contributed by atoms with Crippen LogP contribution in [-0.2, 0) is 21.2 Å². The molecule has 1 heterocycles. The Hall–Kier alpha value is -3.36. The van der Waals surface area contributed by atoms with Crippen LogP contribution in [0, 0.1) is 6.92 Å². The molecule has 8 heteroatoms. The Morgan fingerprint density at radius 1 is 1.03 bits per heavy atom. The summed E-state index contributed by atoms with van der Waals surface area (Å²) in [4.78, 5) is 16.5. The van der Waals surface area contributed by atoms with Crippen LogP contribution in [0.3, 0.4) is 0 Å². The topological polar surface area (TPSA) is 91.7 Å². The van der Waals surface area contributed by atoms with Crippen molar-refractivity contribution < 1.29 is 13.2 Å². The predicted octanol–water partition coefficient (Wildman–Crippen LogP) is 2.77. The molecule has 0 unspecified atom stereocenters. The first kappa shape index (κ1) is 22.3. The number of hydrogen-bond donors (Lipinski definition) is 1. The number of rotatable bonds is 9. The summed E-state index contributed by atoms with van der Waals surface area (Å²) in [6, 6.07) is 19.6. The van der Waals surface area contributed by atoms with Gasteiger partial charge < -0.3 is 0 Å². The second-order valence-electron chi connectivity index (χ2n) is 6.96. The number of amides is 1. The van der Waals surface area contributed by atoms with E-state index in [2.05, 4.69) is 15.5 Å². The molecule has 0 atom stereocenters. The molecule has 7 nitrogen and oxygen atoms in total. The highest BCUT2D eigenvalue weighted by Crippen LogP contribution is 2.17. The lowest BCUT2D eigenvalue weighted by Gasteiger charge is -2.21. The van der Waals surface area contributed by atoms with Gasteiger partial charge in [0.05, 0.1) is 17.7 Å². The van der Waals surface area contributed by atoms with Crippen LogP contribution in [0.5, 0.6) is 0 Å². The second kappa shape index (κ2) is 10.6. The van der Waals surface area contributed by atoms with Gasteiger partial charge in [-0.2, -0.15) is 9.41 Å². The van der Waals surface area contributed by atoms with Gasteiger partial charge in [-0.3, -0.25) is 9.78 Å². The number of sulfonamides is 1. The van der Waals surface area contributed by atoms with E-state index in [0.29, 0.717) is 6.42 Å². The number of hydrazone groups is 1. The Morgan fingerprint density at radius 3 is 2.39 bits per heavy atom. The zero-order chi connectivity index (χ0) is 22.1. The van der Waals surface area contributed by atoms with E-state index in [-0.39, 0.29) is 18.0 Å². The maximum Gasteiger partial charge on any atom is 0.255 e. The fourth-order valence-electron chi connectivity index (χ4n) is 2.87. The van der Waals surface area contributed by atoms with Crippen LogP contribution in [-0.4, -0.2) is 42.9 Å². The van der Waals surface area contributed by atoms with Crippen LogP contribution in [0.1, 0.15) is 16.7 Å². The third-order valence-corrected chi connectivity index (χ3v) is 6.44. The molecule has 3 rings (SSSR count). The van der Waals surface area contributed by atoms with Gasteiger partial charge in [0.2, 0.25) is 10.0 Å². The van der Waals surface area contributed by atoms with Crippen molar-refractivity contribution in [2.24, 2.45) is 5.10 Å². The quantitative estimate of drug-likeness (QED) is 0.412. The standard InChI is InChI=1S/C23H24N4O3S/c1-19-7-9-22(10-8-19)31(29,30)27(16-13-20-5-3-2-4-6-20)18-23(28)26-25-17-21-11-14-24-15-12-21/h2-12,14-15,17H,13,16,18H2,1H3,(H,26,28)/b25-17+. The smallest absolute Gasteiger partial charge is 0.255 e. The second-order valence-corrected chi connectivity index (χ2v) is 8.90. The van der Waals surface area contributed by atoms with Crippen LogP contribution in [0.15, 0.2) is 89.1 Å². The van der Waals surface area contributed by atoms with E-state index in [1.54, 1.807) is 48.8 Å². The van der Waals surface area contributed by atoms with Crippen molar-refractivity contribution in [1.82, 2.24) is 14.7 Å². The summed E-state index contributed by atoms with van der Waals surface area (Å²) < 4.78 is 27.6. The van der Waals surface area contributed by atoms with Gasteiger partial charge in [-0.1, -0.05) is 48.0 Å². The van der Waals surface area contributed by atoms with E-state index in [4.69, 9.17) is 0 Å². The van der Waals surface area contributed by atoms with Crippen molar-refractivity contribution >= 4 is 22.1 Å². The van der Waals surface area contributed by atoms with E-state index in [1.165, 1.54) is 10.5 Å². The van der Waals surface area contributed by atoms with Crippen molar-refractivity contribution in [1.29, 1.82) is 0 Å². The first-order chi connectivity index (χ1) is 14.9. The zero-order valence-corrected chi connectivity index (χ0v) is 18.0. The van der Waals surface area contributed by atoms with Crippen molar-refractivity contribution in [3.05, 3.63) is 95.8 Å². The molecule has 0 radical (unpaired) electrons.